The van der Waals surface area contributed by atoms with E-state index in [4.69, 9.17) is 16.3 Å². The summed E-state index contributed by atoms with van der Waals surface area (Å²) >= 11 is 7.30. The van der Waals surface area contributed by atoms with Crippen LogP contribution in [0.15, 0.2) is 53.9 Å². The Hall–Kier alpha value is -2.90. The predicted octanol–water partition coefficient (Wildman–Crippen LogP) is 4.70. The van der Waals surface area contributed by atoms with Gasteiger partial charge in [0.1, 0.15) is 17.4 Å². The molecule has 3 rings (SSSR count). The van der Waals surface area contributed by atoms with Crippen molar-refractivity contribution in [2.24, 2.45) is 0 Å². The summed E-state index contributed by atoms with van der Waals surface area (Å²) in [6.45, 7) is 2.93. The minimum Gasteiger partial charge on any atom is -0.486 e. The standard InChI is InChI=1S/C22H22ClN3O3S/c1-2-10-24-22(28)15-4-3-5-17(11-15)25-20(27)12-18-14-30-21(26-18)13-29-19-8-6-16(23)7-9-19/h3-9,11,14H,2,10,12-13H2,1H3,(H,24,28)(H,25,27). The predicted molar refractivity (Wildman–Crippen MR) is 119 cm³/mol. The Morgan fingerprint density at radius 1 is 1.17 bits per heavy atom. The molecule has 2 amide bonds. The average molecular weight is 444 g/mol. The number of amides is 2. The van der Waals surface area contributed by atoms with Gasteiger partial charge in [-0.3, -0.25) is 9.59 Å². The highest BCUT2D eigenvalue weighted by Crippen LogP contribution is 2.19. The second kappa shape index (κ2) is 10.8. The first kappa shape index (κ1) is 21.8. The van der Waals surface area contributed by atoms with E-state index in [1.807, 2.05) is 12.3 Å². The summed E-state index contributed by atoms with van der Waals surface area (Å²) in [7, 11) is 0. The average Bonchev–Trinajstić information content (AvgIpc) is 3.18. The summed E-state index contributed by atoms with van der Waals surface area (Å²) in [6, 6.07) is 14.0. The summed E-state index contributed by atoms with van der Waals surface area (Å²) in [5.41, 5.74) is 1.76. The van der Waals surface area contributed by atoms with Crippen LogP contribution in [0.25, 0.3) is 0 Å². The number of anilines is 1. The first-order chi connectivity index (χ1) is 14.5. The molecule has 0 fully saturated rings. The molecule has 0 atom stereocenters. The molecule has 0 saturated heterocycles. The molecule has 2 N–H and O–H groups in total. The SMILES string of the molecule is CCCNC(=O)c1cccc(NC(=O)Cc2csc(COc3ccc(Cl)cc3)n2)c1. The normalized spacial score (nSPS) is 10.5. The van der Waals surface area contributed by atoms with E-state index in [1.165, 1.54) is 11.3 Å². The first-order valence-corrected chi connectivity index (χ1v) is 10.8. The molecule has 2 aromatic carbocycles. The van der Waals surface area contributed by atoms with Crippen molar-refractivity contribution in [2.75, 3.05) is 11.9 Å². The van der Waals surface area contributed by atoms with Gasteiger partial charge in [-0.05, 0) is 48.9 Å². The van der Waals surface area contributed by atoms with Crippen LogP contribution >= 0.6 is 22.9 Å². The molecule has 8 heteroatoms. The van der Waals surface area contributed by atoms with E-state index >= 15 is 0 Å². The van der Waals surface area contributed by atoms with Gasteiger partial charge >= 0.3 is 0 Å². The zero-order valence-corrected chi connectivity index (χ0v) is 18.1. The van der Waals surface area contributed by atoms with E-state index in [9.17, 15) is 9.59 Å². The van der Waals surface area contributed by atoms with Gasteiger partial charge in [-0.25, -0.2) is 4.98 Å². The van der Waals surface area contributed by atoms with Gasteiger partial charge in [-0.2, -0.15) is 0 Å². The molecule has 0 unspecified atom stereocenters. The molecule has 0 radical (unpaired) electrons. The second-order valence-corrected chi connectivity index (χ2v) is 7.92. The zero-order chi connectivity index (χ0) is 21.3. The fraction of sp³-hybridized carbons (Fsp3) is 0.227. The lowest BCUT2D eigenvalue weighted by molar-refractivity contribution is -0.115. The van der Waals surface area contributed by atoms with E-state index in [0.717, 1.165) is 11.4 Å². The summed E-state index contributed by atoms with van der Waals surface area (Å²) in [5, 5.41) is 8.91. The molecule has 0 aliphatic rings. The molecule has 3 aromatic rings. The molecule has 0 saturated carbocycles. The molecule has 156 valence electrons. The van der Waals surface area contributed by atoms with Crippen LogP contribution in [0.1, 0.15) is 34.4 Å². The number of nitrogens with one attached hydrogen (secondary N) is 2. The van der Waals surface area contributed by atoms with Crippen molar-refractivity contribution in [3.05, 3.63) is 75.2 Å². The highest BCUT2D eigenvalue weighted by molar-refractivity contribution is 7.09. The van der Waals surface area contributed by atoms with Crippen molar-refractivity contribution < 1.29 is 14.3 Å². The van der Waals surface area contributed by atoms with Crippen molar-refractivity contribution in [2.45, 2.75) is 26.4 Å². The Morgan fingerprint density at radius 2 is 1.97 bits per heavy atom. The monoisotopic (exact) mass is 443 g/mol. The van der Waals surface area contributed by atoms with Gasteiger partial charge in [0.15, 0.2) is 0 Å². The maximum atomic E-state index is 12.4. The second-order valence-electron chi connectivity index (χ2n) is 6.54. The van der Waals surface area contributed by atoms with Crippen molar-refractivity contribution in [1.82, 2.24) is 10.3 Å². The Balaban J connectivity index is 1.51. The van der Waals surface area contributed by atoms with Crippen LogP contribution in [0.2, 0.25) is 5.02 Å². The highest BCUT2D eigenvalue weighted by atomic mass is 35.5. The number of halogens is 1. The Morgan fingerprint density at radius 3 is 2.73 bits per heavy atom. The molecule has 0 spiro atoms. The molecule has 30 heavy (non-hydrogen) atoms. The molecule has 1 aromatic heterocycles. The number of hydrogen-bond donors (Lipinski definition) is 2. The summed E-state index contributed by atoms with van der Waals surface area (Å²) in [5.74, 6) is 0.353. The highest BCUT2D eigenvalue weighted by Gasteiger charge is 2.11. The van der Waals surface area contributed by atoms with Gasteiger partial charge in [0.2, 0.25) is 5.91 Å². The third-order valence-electron chi connectivity index (χ3n) is 4.06. The molecule has 6 nitrogen and oxygen atoms in total. The summed E-state index contributed by atoms with van der Waals surface area (Å²) < 4.78 is 5.68. The number of carbonyl (C=O) groups is 2. The molecule has 0 aliphatic carbocycles. The largest absolute Gasteiger partial charge is 0.486 e. The van der Waals surface area contributed by atoms with E-state index in [1.54, 1.807) is 48.5 Å². The van der Waals surface area contributed by atoms with Crippen molar-refractivity contribution in [3.8, 4) is 5.75 Å². The van der Waals surface area contributed by atoms with Crippen LogP contribution < -0.4 is 15.4 Å². The van der Waals surface area contributed by atoms with Gasteiger partial charge in [0, 0.05) is 28.2 Å². The summed E-state index contributed by atoms with van der Waals surface area (Å²) in [4.78, 5) is 28.9. The van der Waals surface area contributed by atoms with Crippen LogP contribution in [0.4, 0.5) is 5.69 Å². The fourth-order valence-corrected chi connectivity index (χ4v) is 3.45. The van der Waals surface area contributed by atoms with Crippen molar-refractivity contribution >= 4 is 40.4 Å². The van der Waals surface area contributed by atoms with Crippen LogP contribution in [-0.2, 0) is 17.8 Å². The van der Waals surface area contributed by atoms with Crippen molar-refractivity contribution in [1.29, 1.82) is 0 Å². The number of carbonyl (C=O) groups excluding carboxylic acids is 2. The van der Waals surface area contributed by atoms with Gasteiger partial charge < -0.3 is 15.4 Å². The van der Waals surface area contributed by atoms with E-state index in [2.05, 4.69) is 15.6 Å². The first-order valence-electron chi connectivity index (χ1n) is 9.53. The third-order valence-corrected chi connectivity index (χ3v) is 5.18. The number of benzene rings is 2. The van der Waals surface area contributed by atoms with Crippen LogP contribution in [0.5, 0.6) is 5.75 Å². The van der Waals surface area contributed by atoms with Gasteiger partial charge in [-0.15, -0.1) is 11.3 Å². The minimum absolute atomic E-state index is 0.143. The maximum absolute atomic E-state index is 12.4. The third kappa shape index (κ3) is 6.57. The lowest BCUT2D eigenvalue weighted by atomic mass is 10.2. The number of aromatic nitrogens is 1. The lowest BCUT2D eigenvalue weighted by Gasteiger charge is -2.07. The molecular weight excluding hydrogens is 422 g/mol. The van der Waals surface area contributed by atoms with Gasteiger partial charge in [0.25, 0.3) is 5.91 Å². The van der Waals surface area contributed by atoms with E-state index < -0.39 is 0 Å². The summed E-state index contributed by atoms with van der Waals surface area (Å²) in [6.07, 6.45) is 1.01. The van der Waals surface area contributed by atoms with Crippen LogP contribution in [0, 0.1) is 0 Å². The number of nitrogens with zero attached hydrogens (tertiary/aromatic N) is 1. The zero-order valence-electron chi connectivity index (χ0n) is 16.5. The number of hydrogen-bond acceptors (Lipinski definition) is 5. The minimum atomic E-state index is -0.198. The molecule has 0 bridgehead atoms. The topological polar surface area (TPSA) is 80.3 Å². The van der Waals surface area contributed by atoms with Crippen LogP contribution in [-0.4, -0.2) is 23.3 Å². The number of thiazole rings is 1. The van der Waals surface area contributed by atoms with Gasteiger partial charge in [0.05, 0.1) is 12.1 Å². The Bertz CT molecular complexity index is 1000. The Labute approximate surface area is 184 Å². The maximum Gasteiger partial charge on any atom is 0.251 e. The molecule has 1 heterocycles. The van der Waals surface area contributed by atoms with Crippen LogP contribution in [0.3, 0.4) is 0 Å². The van der Waals surface area contributed by atoms with E-state index in [0.29, 0.717) is 40.9 Å². The lowest BCUT2D eigenvalue weighted by Crippen LogP contribution is -2.24. The number of ether oxygens (including phenoxy) is 1. The van der Waals surface area contributed by atoms with E-state index in [-0.39, 0.29) is 18.2 Å². The molecule has 0 aliphatic heterocycles. The number of rotatable bonds is 9. The molecular formula is C22H22ClN3O3S. The van der Waals surface area contributed by atoms with Crippen molar-refractivity contribution in [3.63, 3.8) is 0 Å². The quantitative estimate of drug-likeness (QED) is 0.502. The fourth-order valence-electron chi connectivity index (χ4n) is 2.62. The smallest absolute Gasteiger partial charge is 0.251 e. The Kier molecular flexibility index (Phi) is 7.82. The van der Waals surface area contributed by atoms with Gasteiger partial charge in [-0.1, -0.05) is 24.6 Å².